The summed E-state index contributed by atoms with van der Waals surface area (Å²) in [4.78, 5) is 29.3. The lowest BCUT2D eigenvalue weighted by atomic mass is 10.1. The van der Waals surface area contributed by atoms with Crippen molar-refractivity contribution in [3.05, 3.63) is 74.6 Å². The number of carbonyl (C=O) groups excluding carboxylic acids is 1. The van der Waals surface area contributed by atoms with Gasteiger partial charge in [-0.3, -0.25) is 14.9 Å². The molecule has 2 aromatic heterocycles. The second-order valence-electron chi connectivity index (χ2n) is 5.43. The van der Waals surface area contributed by atoms with E-state index in [9.17, 15) is 9.59 Å². The minimum Gasteiger partial charge on any atom is -0.296 e. The third-order valence-electron chi connectivity index (χ3n) is 3.39. The topological polar surface area (TPSA) is 76.9 Å². The molecule has 0 bridgehead atoms. The molecule has 122 valence electrons. The standard InChI is InChI=1S/C17H16N4O2S/c1-11-3-5-13(6-4-11)10-21-15(22)8-7-14(20-21)16(23)19-17-18-9-12(2)24-17/h3-9H,10H2,1-2H3,(H,18,19,23). The molecule has 3 aromatic rings. The Bertz CT molecular complexity index is 928. The van der Waals surface area contributed by atoms with Gasteiger partial charge in [-0.05, 0) is 25.5 Å². The molecule has 24 heavy (non-hydrogen) atoms. The van der Waals surface area contributed by atoms with Crippen LogP contribution in [0.25, 0.3) is 0 Å². The summed E-state index contributed by atoms with van der Waals surface area (Å²) in [5.41, 5.74) is 2.01. The summed E-state index contributed by atoms with van der Waals surface area (Å²) in [7, 11) is 0. The predicted octanol–water partition coefficient (Wildman–Crippen LogP) is 2.62. The highest BCUT2D eigenvalue weighted by molar-refractivity contribution is 7.15. The maximum absolute atomic E-state index is 12.3. The molecule has 0 saturated carbocycles. The van der Waals surface area contributed by atoms with Crippen LogP contribution in [-0.2, 0) is 6.54 Å². The highest BCUT2D eigenvalue weighted by atomic mass is 32.1. The molecule has 0 fully saturated rings. The van der Waals surface area contributed by atoms with Gasteiger partial charge in [0.15, 0.2) is 5.13 Å². The molecule has 1 amide bonds. The zero-order valence-corrected chi connectivity index (χ0v) is 14.1. The van der Waals surface area contributed by atoms with Crippen LogP contribution in [0, 0.1) is 13.8 Å². The number of benzene rings is 1. The van der Waals surface area contributed by atoms with Gasteiger partial charge in [-0.15, -0.1) is 11.3 Å². The SMILES string of the molecule is Cc1ccc(Cn2nc(C(=O)Nc3ncc(C)s3)ccc2=O)cc1. The molecule has 0 unspecified atom stereocenters. The van der Waals surface area contributed by atoms with E-state index in [1.807, 2.05) is 38.1 Å². The maximum atomic E-state index is 12.3. The van der Waals surface area contributed by atoms with Gasteiger partial charge in [0, 0.05) is 17.1 Å². The lowest BCUT2D eigenvalue weighted by molar-refractivity contribution is 0.102. The third-order valence-corrected chi connectivity index (χ3v) is 4.22. The molecule has 7 heteroatoms. The number of carbonyl (C=O) groups is 1. The Hall–Kier alpha value is -2.80. The fourth-order valence-electron chi connectivity index (χ4n) is 2.12. The molecule has 2 heterocycles. The number of amides is 1. The summed E-state index contributed by atoms with van der Waals surface area (Å²) < 4.78 is 1.28. The van der Waals surface area contributed by atoms with Crippen LogP contribution in [0.3, 0.4) is 0 Å². The molecule has 1 N–H and O–H groups in total. The van der Waals surface area contributed by atoms with E-state index < -0.39 is 0 Å². The molecule has 0 aliphatic carbocycles. The lowest BCUT2D eigenvalue weighted by Crippen LogP contribution is -2.26. The predicted molar refractivity (Wildman–Crippen MR) is 93.6 cm³/mol. The third kappa shape index (κ3) is 3.75. The van der Waals surface area contributed by atoms with E-state index in [4.69, 9.17) is 0 Å². The Labute approximate surface area is 142 Å². The minimum atomic E-state index is -0.387. The van der Waals surface area contributed by atoms with Gasteiger partial charge in [-0.25, -0.2) is 9.67 Å². The molecule has 3 rings (SSSR count). The van der Waals surface area contributed by atoms with Crippen molar-refractivity contribution >= 4 is 22.4 Å². The van der Waals surface area contributed by atoms with E-state index in [1.165, 1.54) is 28.2 Å². The van der Waals surface area contributed by atoms with Gasteiger partial charge in [-0.2, -0.15) is 5.10 Å². The fraction of sp³-hybridized carbons (Fsp3) is 0.176. The van der Waals surface area contributed by atoms with E-state index >= 15 is 0 Å². The summed E-state index contributed by atoms with van der Waals surface area (Å²) in [6, 6.07) is 10.6. The number of hydrogen-bond acceptors (Lipinski definition) is 5. The van der Waals surface area contributed by atoms with Crippen molar-refractivity contribution in [3.63, 3.8) is 0 Å². The number of aromatic nitrogens is 3. The average molecular weight is 340 g/mol. The van der Waals surface area contributed by atoms with Gasteiger partial charge in [0.2, 0.25) is 0 Å². The first-order valence-electron chi connectivity index (χ1n) is 7.39. The Kier molecular flexibility index (Phi) is 4.52. The molecule has 0 atom stereocenters. The zero-order valence-electron chi connectivity index (χ0n) is 13.3. The zero-order chi connectivity index (χ0) is 17.1. The van der Waals surface area contributed by atoms with Gasteiger partial charge in [0.25, 0.3) is 11.5 Å². The summed E-state index contributed by atoms with van der Waals surface area (Å²) >= 11 is 1.38. The number of rotatable bonds is 4. The van der Waals surface area contributed by atoms with Crippen LogP contribution in [0.5, 0.6) is 0 Å². The van der Waals surface area contributed by atoms with Crippen molar-refractivity contribution in [3.8, 4) is 0 Å². The van der Waals surface area contributed by atoms with E-state index in [-0.39, 0.29) is 17.2 Å². The summed E-state index contributed by atoms with van der Waals surface area (Å²) in [5, 5.41) is 7.36. The van der Waals surface area contributed by atoms with Crippen molar-refractivity contribution in [2.45, 2.75) is 20.4 Å². The van der Waals surface area contributed by atoms with Crippen LogP contribution in [0.15, 0.2) is 47.4 Å². The van der Waals surface area contributed by atoms with Gasteiger partial charge in [0.1, 0.15) is 5.69 Å². The fourth-order valence-corrected chi connectivity index (χ4v) is 2.78. The van der Waals surface area contributed by atoms with Gasteiger partial charge < -0.3 is 0 Å². The Balaban J connectivity index is 1.81. The van der Waals surface area contributed by atoms with Gasteiger partial charge >= 0.3 is 0 Å². The quantitative estimate of drug-likeness (QED) is 0.792. The normalized spacial score (nSPS) is 10.6. The molecule has 0 aliphatic heterocycles. The van der Waals surface area contributed by atoms with Crippen LogP contribution < -0.4 is 10.9 Å². The Morgan fingerprint density at radius 3 is 2.58 bits per heavy atom. The highest BCUT2D eigenvalue weighted by Gasteiger charge is 2.12. The lowest BCUT2D eigenvalue weighted by Gasteiger charge is -2.07. The van der Waals surface area contributed by atoms with Crippen molar-refractivity contribution in [1.82, 2.24) is 14.8 Å². The Morgan fingerprint density at radius 1 is 1.17 bits per heavy atom. The molecule has 0 aliphatic rings. The van der Waals surface area contributed by atoms with E-state index in [0.29, 0.717) is 11.7 Å². The molecule has 0 radical (unpaired) electrons. The Morgan fingerprint density at radius 2 is 1.92 bits per heavy atom. The average Bonchev–Trinajstić information content (AvgIpc) is 2.96. The molecule has 1 aromatic carbocycles. The molecular weight excluding hydrogens is 324 g/mol. The van der Waals surface area contributed by atoms with Crippen LogP contribution in [0.4, 0.5) is 5.13 Å². The highest BCUT2D eigenvalue weighted by Crippen LogP contribution is 2.17. The first kappa shape index (κ1) is 16.1. The van der Waals surface area contributed by atoms with Crippen LogP contribution in [0.1, 0.15) is 26.5 Å². The first-order chi connectivity index (χ1) is 11.5. The summed E-state index contributed by atoms with van der Waals surface area (Å²) in [5.74, 6) is -0.387. The number of nitrogens with zero attached hydrogens (tertiary/aromatic N) is 3. The maximum Gasteiger partial charge on any atom is 0.277 e. The monoisotopic (exact) mass is 340 g/mol. The largest absolute Gasteiger partial charge is 0.296 e. The van der Waals surface area contributed by atoms with Crippen molar-refractivity contribution in [2.24, 2.45) is 0 Å². The first-order valence-corrected chi connectivity index (χ1v) is 8.20. The van der Waals surface area contributed by atoms with Crippen molar-refractivity contribution in [2.75, 3.05) is 5.32 Å². The second-order valence-corrected chi connectivity index (χ2v) is 6.67. The van der Waals surface area contributed by atoms with E-state index in [1.54, 1.807) is 6.20 Å². The summed E-state index contributed by atoms with van der Waals surface area (Å²) in [6.45, 7) is 4.23. The number of hydrogen-bond donors (Lipinski definition) is 1. The second kappa shape index (κ2) is 6.76. The van der Waals surface area contributed by atoms with Crippen molar-refractivity contribution in [1.29, 1.82) is 0 Å². The molecule has 0 spiro atoms. The van der Waals surface area contributed by atoms with Crippen LogP contribution in [-0.4, -0.2) is 20.7 Å². The van der Waals surface area contributed by atoms with Crippen molar-refractivity contribution < 1.29 is 4.79 Å². The van der Waals surface area contributed by atoms with Gasteiger partial charge in [-0.1, -0.05) is 29.8 Å². The number of thiazole rings is 1. The van der Waals surface area contributed by atoms with Crippen LogP contribution in [0.2, 0.25) is 0 Å². The number of aryl methyl sites for hydroxylation is 2. The molecular formula is C17H16N4O2S. The smallest absolute Gasteiger partial charge is 0.277 e. The molecule has 6 nitrogen and oxygen atoms in total. The molecule has 0 saturated heterocycles. The van der Waals surface area contributed by atoms with E-state index in [0.717, 1.165) is 16.0 Å². The minimum absolute atomic E-state index is 0.176. The summed E-state index contributed by atoms with van der Waals surface area (Å²) in [6.07, 6.45) is 1.69. The number of nitrogens with one attached hydrogen (secondary N) is 1. The van der Waals surface area contributed by atoms with Gasteiger partial charge in [0.05, 0.1) is 6.54 Å². The number of anilines is 1. The van der Waals surface area contributed by atoms with E-state index in [2.05, 4.69) is 15.4 Å². The van der Waals surface area contributed by atoms with Crippen LogP contribution >= 0.6 is 11.3 Å².